The van der Waals surface area contributed by atoms with Crippen molar-refractivity contribution in [3.8, 4) is 0 Å². The van der Waals surface area contributed by atoms with Gasteiger partial charge in [0.15, 0.2) is 6.29 Å². The van der Waals surface area contributed by atoms with Gasteiger partial charge in [-0.25, -0.2) is 0 Å². The zero-order valence-electron chi connectivity index (χ0n) is 4.53. The van der Waals surface area contributed by atoms with Crippen LogP contribution in [0, 0.1) is 0 Å². The molecule has 0 aromatic rings. The van der Waals surface area contributed by atoms with Crippen LogP contribution in [0.25, 0.3) is 0 Å². The second-order valence-corrected chi connectivity index (χ2v) is 1.77. The minimum Gasteiger partial charge on any atom is -0.298 e. The van der Waals surface area contributed by atoms with Gasteiger partial charge in [0, 0.05) is 12.4 Å². The Hall–Kier alpha value is -0.990. The van der Waals surface area contributed by atoms with Crippen LogP contribution in [-0.4, -0.2) is 24.4 Å². The van der Waals surface area contributed by atoms with Crippen molar-refractivity contribution in [2.75, 3.05) is 0 Å². The summed E-state index contributed by atoms with van der Waals surface area (Å²) in [5.74, 6) is 0. The summed E-state index contributed by atoms with van der Waals surface area (Å²) in [4.78, 5) is 17.6. The zero-order valence-corrected chi connectivity index (χ0v) is 4.53. The van der Waals surface area contributed by atoms with Crippen LogP contribution >= 0.6 is 0 Å². The van der Waals surface area contributed by atoms with Crippen molar-refractivity contribution in [2.24, 2.45) is 9.98 Å². The maximum Gasteiger partial charge on any atom is 0.202 e. The second-order valence-electron chi connectivity index (χ2n) is 1.77. The highest BCUT2D eigenvalue weighted by molar-refractivity contribution is 6.18. The normalized spacial score (nSPS) is 21.6. The average molecular weight is 110 g/mol. The first-order chi connectivity index (χ1) is 3.77. The van der Waals surface area contributed by atoms with Crippen molar-refractivity contribution in [3.63, 3.8) is 0 Å². The zero-order chi connectivity index (χ0) is 6.04. The number of hydrogen-bond donors (Lipinski definition) is 0. The van der Waals surface area contributed by atoms with Crippen molar-refractivity contribution in [2.45, 2.75) is 12.6 Å². The minimum absolute atomic E-state index is 0.715. The standard InChI is InChI=1S/C5H6N2O/c1-5(4-8)6-2-3-7-5/h2-4H,1H3. The number of carbonyl (C=O) groups excluding carboxylic acids is 1. The van der Waals surface area contributed by atoms with E-state index in [-0.39, 0.29) is 0 Å². The second kappa shape index (κ2) is 1.51. The minimum atomic E-state index is -0.806. The summed E-state index contributed by atoms with van der Waals surface area (Å²) in [7, 11) is 0. The van der Waals surface area contributed by atoms with Gasteiger partial charge in [-0.05, 0) is 6.92 Å². The molecule has 0 radical (unpaired) electrons. The summed E-state index contributed by atoms with van der Waals surface area (Å²) in [6.07, 6.45) is 3.76. The molecule has 0 spiro atoms. The summed E-state index contributed by atoms with van der Waals surface area (Å²) in [5.41, 5.74) is -0.806. The molecule has 0 saturated carbocycles. The van der Waals surface area contributed by atoms with E-state index in [4.69, 9.17) is 0 Å². The largest absolute Gasteiger partial charge is 0.298 e. The Balaban J connectivity index is 2.83. The molecule has 0 atom stereocenters. The molecule has 0 saturated heterocycles. The molecule has 1 aliphatic rings. The van der Waals surface area contributed by atoms with E-state index >= 15 is 0 Å². The van der Waals surface area contributed by atoms with Gasteiger partial charge in [-0.1, -0.05) is 0 Å². The lowest BCUT2D eigenvalue weighted by atomic mass is 10.3. The topological polar surface area (TPSA) is 41.8 Å². The predicted octanol–water partition coefficient (Wildman–Crippen LogP) is 0.0567. The van der Waals surface area contributed by atoms with E-state index in [1.807, 2.05) is 0 Å². The van der Waals surface area contributed by atoms with Crippen LogP contribution < -0.4 is 0 Å². The number of aldehydes is 1. The molecule has 0 amide bonds. The molecule has 0 N–H and O–H groups in total. The van der Waals surface area contributed by atoms with Gasteiger partial charge in [0.2, 0.25) is 5.66 Å². The highest BCUT2D eigenvalue weighted by Gasteiger charge is 2.20. The first kappa shape index (κ1) is 5.15. The van der Waals surface area contributed by atoms with E-state index in [1.54, 1.807) is 6.92 Å². The number of nitrogens with zero attached hydrogens (tertiary/aromatic N) is 2. The molecule has 42 valence electrons. The lowest BCUT2D eigenvalue weighted by Crippen LogP contribution is -2.17. The van der Waals surface area contributed by atoms with Crippen molar-refractivity contribution in [1.82, 2.24) is 0 Å². The Morgan fingerprint density at radius 1 is 1.50 bits per heavy atom. The van der Waals surface area contributed by atoms with Crippen molar-refractivity contribution < 1.29 is 4.79 Å². The number of carbonyl (C=O) groups is 1. The van der Waals surface area contributed by atoms with Crippen LogP contribution in [0.5, 0.6) is 0 Å². The van der Waals surface area contributed by atoms with Crippen molar-refractivity contribution >= 4 is 18.7 Å². The van der Waals surface area contributed by atoms with Gasteiger partial charge in [0.25, 0.3) is 0 Å². The highest BCUT2D eigenvalue weighted by atomic mass is 16.1. The molecule has 0 unspecified atom stereocenters. The third-order valence-electron chi connectivity index (χ3n) is 0.962. The van der Waals surface area contributed by atoms with E-state index in [0.29, 0.717) is 6.29 Å². The Bertz CT molecular complexity index is 148. The van der Waals surface area contributed by atoms with Gasteiger partial charge in [-0.2, -0.15) is 0 Å². The third-order valence-corrected chi connectivity index (χ3v) is 0.962. The molecular weight excluding hydrogens is 104 g/mol. The van der Waals surface area contributed by atoms with E-state index in [9.17, 15) is 4.79 Å². The molecule has 0 aliphatic carbocycles. The fraction of sp³-hybridized carbons (Fsp3) is 0.400. The maximum absolute atomic E-state index is 10.1. The Kier molecular flexibility index (Phi) is 0.970. The van der Waals surface area contributed by atoms with Gasteiger partial charge >= 0.3 is 0 Å². The van der Waals surface area contributed by atoms with Gasteiger partial charge in [-0.15, -0.1) is 0 Å². The highest BCUT2D eigenvalue weighted by Crippen LogP contribution is 2.09. The van der Waals surface area contributed by atoms with E-state index < -0.39 is 5.66 Å². The van der Waals surface area contributed by atoms with Gasteiger partial charge in [0.05, 0.1) is 0 Å². The smallest absolute Gasteiger partial charge is 0.202 e. The molecule has 0 aromatic carbocycles. The number of rotatable bonds is 1. The Morgan fingerprint density at radius 3 is 2.25 bits per heavy atom. The lowest BCUT2D eigenvalue weighted by molar-refractivity contribution is -0.111. The Morgan fingerprint density at radius 2 is 2.00 bits per heavy atom. The number of aliphatic imine (C=N–C) groups is 2. The molecule has 8 heavy (non-hydrogen) atoms. The van der Waals surface area contributed by atoms with E-state index in [1.165, 1.54) is 12.4 Å². The van der Waals surface area contributed by atoms with Crippen molar-refractivity contribution in [1.29, 1.82) is 0 Å². The first-order valence-corrected chi connectivity index (χ1v) is 2.32. The summed E-state index contributed by atoms with van der Waals surface area (Å²) in [6.45, 7) is 1.65. The van der Waals surface area contributed by atoms with Crippen LogP contribution in [0.2, 0.25) is 0 Å². The van der Waals surface area contributed by atoms with Gasteiger partial charge in [-0.3, -0.25) is 14.8 Å². The summed E-state index contributed by atoms with van der Waals surface area (Å²) < 4.78 is 0. The summed E-state index contributed by atoms with van der Waals surface area (Å²) in [5, 5.41) is 0. The molecule has 0 fully saturated rings. The molecule has 0 aromatic heterocycles. The van der Waals surface area contributed by atoms with E-state index in [0.717, 1.165) is 0 Å². The van der Waals surface area contributed by atoms with Crippen LogP contribution in [-0.2, 0) is 4.79 Å². The molecule has 1 rings (SSSR count). The fourth-order valence-corrected chi connectivity index (χ4v) is 0.463. The van der Waals surface area contributed by atoms with Crippen molar-refractivity contribution in [3.05, 3.63) is 0 Å². The Labute approximate surface area is 47.1 Å². The quantitative estimate of drug-likeness (QED) is 0.440. The van der Waals surface area contributed by atoms with Crippen LogP contribution in [0.4, 0.5) is 0 Å². The first-order valence-electron chi connectivity index (χ1n) is 2.32. The lowest BCUT2D eigenvalue weighted by Gasteiger charge is -2.04. The summed E-state index contributed by atoms with van der Waals surface area (Å²) >= 11 is 0. The molecular formula is C5H6N2O. The monoisotopic (exact) mass is 110 g/mol. The van der Waals surface area contributed by atoms with Crippen LogP contribution in [0.3, 0.4) is 0 Å². The van der Waals surface area contributed by atoms with E-state index in [2.05, 4.69) is 9.98 Å². The van der Waals surface area contributed by atoms with Crippen LogP contribution in [0.1, 0.15) is 6.92 Å². The predicted molar refractivity (Wildman–Crippen MR) is 31.5 cm³/mol. The molecule has 3 heteroatoms. The molecule has 1 aliphatic heterocycles. The fourth-order valence-electron chi connectivity index (χ4n) is 0.463. The molecule has 0 bridgehead atoms. The average Bonchev–Trinajstić information content (AvgIpc) is 2.17. The SMILES string of the molecule is CC1(C=O)N=CC=N1. The third kappa shape index (κ3) is 0.665. The van der Waals surface area contributed by atoms with Gasteiger partial charge in [0.1, 0.15) is 0 Å². The van der Waals surface area contributed by atoms with Crippen LogP contribution in [0.15, 0.2) is 9.98 Å². The number of hydrogen-bond acceptors (Lipinski definition) is 3. The van der Waals surface area contributed by atoms with Gasteiger partial charge < -0.3 is 0 Å². The maximum atomic E-state index is 10.1. The molecule has 3 nitrogen and oxygen atoms in total. The molecule has 1 heterocycles. The summed E-state index contributed by atoms with van der Waals surface area (Å²) in [6, 6.07) is 0.